The summed E-state index contributed by atoms with van der Waals surface area (Å²) in [7, 11) is 0. The van der Waals surface area contributed by atoms with Crippen LogP contribution in [0.1, 0.15) is 12.7 Å². The lowest BCUT2D eigenvalue weighted by Crippen LogP contribution is -2.25. The van der Waals surface area contributed by atoms with E-state index in [2.05, 4.69) is 15.3 Å². The molecule has 3 aromatic rings. The molecule has 0 aliphatic rings. The van der Waals surface area contributed by atoms with Gasteiger partial charge in [0.2, 0.25) is 0 Å². The molecule has 126 valence electrons. The fourth-order valence-corrected chi connectivity index (χ4v) is 2.72. The minimum Gasteiger partial charge on any atom is -0.465 e. The smallest absolute Gasteiger partial charge is 0.404 e. The maximum Gasteiger partial charge on any atom is 0.404 e. The van der Waals surface area contributed by atoms with Gasteiger partial charge in [0.25, 0.3) is 0 Å². The Labute approximate surface area is 138 Å². The summed E-state index contributed by atoms with van der Waals surface area (Å²) in [5.41, 5.74) is 8.31. The van der Waals surface area contributed by atoms with Gasteiger partial charge < -0.3 is 25.5 Å². The third-order valence-electron chi connectivity index (χ3n) is 3.74. The van der Waals surface area contributed by atoms with Gasteiger partial charge in [-0.25, -0.2) is 14.8 Å². The number of carboxylic acid groups (broad SMARTS) is 1. The number of fused-ring (bicyclic) bond motifs is 3. The van der Waals surface area contributed by atoms with Crippen molar-refractivity contribution >= 4 is 33.8 Å². The van der Waals surface area contributed by atoms with Crippen molar-refractivity contribution in [3.8, 4) is 0 Å². The van der Waals surface area contributed by atoms with E-state index in [0.717, 1.165) is 16.4 Å². The van der Waals surface area contributed by atoms with E-state index in [4.69, 9.17) is 15.6 Å². The SMILES string of the molecule is CCOCc1nc2c(N)nc3ccccc3c2n1CCNC(=O)O. The minimum atomic E-state index is -1.06. The summed E-state index contributed by atoms with van der Waals surface area (Å²) >= 11 is 0. The number of ether oxygens (including phenoxy) is 1. The molecule has 0 fully saturated rings. The molecule has 0 aliphatic heterocycles. The maximum atomic E-state index is 10.7. The number of hydrogen-bond acceptors (Lipinski definition) is 5. The standard InChI is InChI=1S/C16H19N5O3/c1-2-24-9-12-20-13-14(21(12)8-7-18-16(22)23)10-5-3-4-6-11(10)19-15(13)17/h3-6,18H,2,7-9H2,1H3,(H2,17,19)(H,22,23). The van der Waals surface area contributed by atoms with Crippen molar-refractivity contribution in [2.75, 3.05) is 18.9 Å². The van der Waals surface area contributed by atoms with Gasteiger partial charge in [-0.05, 0) is 13.0 Å². The minimum absolute atomic E-state index is 0.260. The number of nitrogens with zero attached hydrogens (tertiary/aromatic N) is 3. The predicted octanol–water partition coefficient (Wildman–Crippen LogP) is 1.97. The highest BCUT2D eigenvalue weighted by molar-refractivity contribution is 6.06. The normalized spacial score (nSPS) is 11.2. The second kappa shape index (κ2) is 6.71. The molecule has 0 radical (unpaired) electrons. The summed E-state index contributed by atoms with van der Waals surface area (Å²) in [4.78, 5) is 19.7. The molecule has 0 atom stereocenters. The zero-order chi connectivity index (χ0) is 17.1. The molecule has 24 heavy (non-hydrogen) atoms. The number of imidazole rings is 1. The van der Waals surface area contributed by atoms with Gasteiger partial charge in [-0.2, -0.15) is 0 Å². The first-order valence-electron chi connectivity index (χ1n) is 7.69. The first kappa shape index (κ1) is 16.0. The number of rotatable bonds is 6. The number of anilines is 1. The number of amides is 1. The van der Waals surface area contributed by atoms with Crippen molar-refractivity contribution in [3.05, 3.63) is 30.1 Å². The van der Waals surface area contributed by atoms with Crippen molar-refractivity contribution in [3.63, 3.8) is 0 Å². The van der Waals surface area contributed by atoms with Gasteiger partial charge in [-0.1, -0.05) is 18.2 Å². The summed E-state index contributed by atoms with van der Waals surface area (Å²) in [6.45, 7) is 3.48. The molecule has 8 nitrogen and oxygen atoms in total. The van der Waals surface area contributed by atoms with Crippen LogP contribution in [0.4, 0.5) is 10.6 Å². The van der Waals surface area contributed by atoms with Gasteiger partial charge in [-0.15, -0.1) is 0 Å². The van der Waals surface area contributed by atoms with Gasteiger partial charge >= 0.3 is 6.09 Å². The van der Waals surface area contributed by atoms with Crippen LogP contribution in [0.2, 0.25) is 0 Å². The van der Waals surface area contributed by atoms with Gasteiger partial charge in [0.15, 0.2) is 5.82 Å². The van der Waals surface area contributed by atoms with E-state index in [1.165, 1.54) is 0 Å². The number of nitrogens with one attached hydrogen (secondary N) is 1. The summed E-state index contributed by atoms with van der Waals surface area (Å²) in [5.74, 6) is 1.05. The molecule has 0 spiro atoms. The molecule has 0 saturated heterocycles. The topological polar surface area (TPSA) is 115 Å². The van der Waals surface area contributed by atoms with Crippen molar-refractivity contribution in [2.24, 2.45) is 0 Å². The zero-order valence-electron chi connectivity index (χ0n) is 13.3. The average Bonchev–Trinajstić information content (AvgIpc) is 2.92. The van der Waals surface area contributed by atoms with E-state index in [0.29, 0.717) is 36.9 Å². The average molecular weight is 329 g/mol. The fraction of sp³-hybridized carbons (Fsp3) is 0.312. The Balaban J connectivity index is 2.16. The molecule has 2 aromatic heterocycles. The maximum absolute atomic E-state index is 10.7. The molecule has 2 heterocycles. The molecule has 8 heteroatoms. The lowest BCUT2D eigenvalue weighted by Gasteiger charge is -2.11. The van der Waals surface area contributed by atoms with Gasteiger partial charge in [0.1, 0.15) is 17.9 Å². The first-order valence-corrected chi connectivity index (χ1v) is 7.69. The van der Waals surface area contributed by atoms with E-state index in [9.17, 15) is 4.79 Å². The van der Waals surface area contributed by atoms with Crippen LogP contribution in [0.3, 0.4) is 0 Å². The molecule has 0 bridgehead atoms. The largest absolute Gasteiger partial charge is 0.465 e. The number of nitrogens with two attached hydrogens (primary N) is 1. The molecule has 0 saturated carbocycles. The number of nitrogen functional groups attached to an aromatic ring is 1. The van der Waals surface area contributed by atoms with Crippen LogP contribution in [0.25, 0.3) is 21.9 Å². The summed E-state index contributed by atoms with van der Waals surface area (Å²) < 4.78 is 7.43. The van der Waals surface area contributed by atoms with Crippen LogP contribution in [0.5, 0.6) is 0 Å². The molecule has 0 aliphatic carbocycles. The molecular formula is C16H19N5O3. The summed E-state index contributed by atoms with van der Waals surface area (Å²) in [5, 5.41) is 12.1. The second-order valence-corrected chi connectivity index (χ2v) is 5.26. The highest BCUT2D eigenvalue weighted by atomic mass is 16.5. The Bertz CT molecular complexity index is 890. The van der Waals surface area contributed by atoms with Crippen LogP contribution in [-0.4, -0.2) is 38.9 Å². The molecular weight excluding hydrogens is 310 g/mol. The van der Waals surface area contributed by atoms with Crippen LogP contribution >= 0.6 is 0 Å². The number of carbonyl (C=O) groups is 1. The number of para-hydroxylation sites is 1. The van der Waals surface area contributed by atoms with E-state index in [1.807, 2.05) is 35.8 Å². The Morgan fingerprint density at radius 2 is 2.17 bits per heavy atom. The number of aromatic nitrogens is 3. The third kappa shape index (κ3) is 2.95. The van der Waals surface area contributed by atoms with Crippen molar-refractivity contribution in [2.45, 2.75) is 20.1 Å². The van der Waals surface area contributed by atoms with E-state index in [-0.39, 0.29) is 6.54 Å². The fourth-order valence-electron chi connectivity index (χ4n) is 2.72. The Morgan fingerprint density at radius 3 is 2.92 bits per heavy atom. The van der Waals surface area contributed by atoms with Crippen LogP contribution in [0.15, 0.2) is 24.3 Å². The zero-order valence-corrected chi connectivity index (χ0v) is 13.3. The van der Waals surface area contributed by atoms with Crippen molar-refractivity contribution in [1.29, 1.82) is 0 Å². The van der Waals surface area contributed by atoms with E-state index >= 15 is 0 Å². The third-order valence-corrected chi connectivity index (χ3v) is 3.74. The first-order chi connectivity index (χ1) is 11.6. The highest BCUT2D eigenvalue weighted by Gasteiger charge is 2.17. The quantitative estimate of drug-likeness (QED) is 0.637. The predicted molar refractivity (Wildman–Crippen MR) is 90.8 cm³/mol. The van der Waals surface area contributed by atoms with E-state index in [1.54, 1.807) is 0 Å². The van der Waals surface area contributed by atoms with Crippen LogP contribution < -0.4 is 11.1 Å². The molecule has 0 unspecified atom stereocenters. The van der Waals surface area contributed by atoms with Crippen LogP contribution in [0, 0.1) is 0 Å². The van der Waals surface area contributed by atoms with Crippen LogP contribution in [-0.2, 0) is 17.9 Å². The summed E-state index contributed by atoms with van der Waals surface area (Å²) in [6, 6.07) is 7.67. The Hall–Kier alpha value is -2.87. The van der Waals surface area contributed by atoms with Crippen molar-refractivity contribution in [1.82, 2.24) is 19.9 Å². The molecule has 4 N–H and O–H groups in total. The lowest BCUT2D eigenvalue weighted by atomic mass is 10.2. The summed E-state index contributed by atoms with van der Waals surface area (Å²) in [6.07, 6.45) is -1.06. The van der Waals surface area contributed by atoms with Gasteiger partial charge in [0, 0.05) is 25.1 Å². The monoisotopic (exact) mass is 329 g/mol. The van der Waals surface area contributed by atoms with Gasteiger partial charge in [-0.3, -0.25) is 0 Å². The second-order valence-electron chi connectivity index (χ2n) is 5.26. The van der Waals surface area contributed by atoms with Gasteiger partial charge in [0.05, 0.1) is 11.0 Å². The number of pyridine rings is 1. The van der Waals surface area contributed by atoms with E-state index < -0.39 is 6.09 Å². The number of hydrogen-bond donors (Lipinski definition) is 3. The van der Waals surface area contributed by atoms with Crippen molar-refractivity contribution < 1.29 is 14.6 Å². The Morgan fingerprint density at radius 1 is 1.38 bits per heavy atom. The Kier molecular flexibility index (Phi) is 4.48. The molecule has 1 amide bonds. The number of benzene rings is 1. The molecule has 3 rings (SSSR count). The molecule has 1 aromatic carbocycles. The highest BCUT2D eigenvalue weighted by Crippen LogP contribution is 2.28. The lowest BCUT2D eigenvalue weighted by molar-refractivity contribution is 0.126.